The van der Waals surface area contributed by atoms with Gasteiger partial charge in [-0.1, -0.05) is 24.3 Å². The van der Waals surface area contributed by atoms with E-state index in [4.69, 9.17) is 14.2 Å². The van der Waals surface area contributed by atoms with E-state index in [9.17, 15) is 14.4 Å². The van der Waals surface area contributed by atoms with E-state index in [0.717, 1.165) is 11.1 Å². The minimum absolute atomic E-state index is 0.0643. The lowest BCUT2D eigenvalue weighted by molar-refractivity contribution is -0.145. The smallest absolute Gasteiger partial charge is 0.328 e. The van der Waals surface area contributed by atoms with Gasteiger partial charge in [0.2, 0.25) is 0 Å². The number of amides is 2. The van der Waals surface area contributed by atoms with Gasteiger partial charge < -0.3 is 24.8 Å². The molecule has 2 aromatic rings. The Labute approximate surface area is 194 Å². The zero-order valence-electron chi connectivity index (χ0n) is 19.4. The van der Waals surface area contributed by atoms with Crippen molar-refractivity contribution in [3.63, 3.8) is 0 Å². The van der Waals surface area contributed by atoms with Gasteiger partial charge in [0.1, 0.15) is 17.5 Å². The summed E-state index contributed by atoms with van der Waals surface area (Å²) in [7, 11) is 1.28. The first kappa shape index (κ1) is 25.7. The molecular weight excluding hydrogens is 424 g/mol. The topological polar surface area (TPSA) is 103 Å². The lowest BCUT2D eigenvalue weighted by Crippen LogP contribution is -2.43. The third-order valence-corrected chi connectivity index (χ3v) is 4.78. The Bertz CT molecular complexity index is 931. The standard InChI is InChI=1S/C25H32N2O6/c1-18-8-6-10-20(14-18)32-16-23(28)26-13-5-4-12-22(25(30)31-3)27-24(29)17-33-21-11-7-9-19(2)15-21/h6-11,14-15,22H,4-5,12-13,16-17H2,1-3H3,(H,26,28)(H,27,29)/t22-/m0/s1. The number of nitrogens with one attached hydrogen (secondary N) is 2. The fraction of sp³-hybridized carbons (Fsp3) is 0.400. The van der Waals surface area contributed by atoms with Crippen LogP contribution in [-0.2, 0) is 19.1 Å². The van der Waals surface area contributed by atoms with Gasteiger partial charge >= 0.3 is 5.97 Å². The highest BCUT2D eigenvalue weighted by atomic mass is 16.5. The molecule has 2 N–H and O–H groups in total. The Morgan fingerprint density at radius 2 is 1.42 bits per heavy atom. The SMILES string of the molecule is COC(=O)[C@H](CCCCNC(=O)COc1cccc(C)c1)NC(=O)COc1cccc(C)c1. The number of unbranched alkanes of at least 4 members (excludes halogenated alkanes) is 1. The third kappa shape index (κ3) is 10.1. The quantitative estimate of drug-likeness (QED) is 0.355. The largest absolute Gasteiger partial charge is 0.484 e. The van der Waals surface area contributed by atoms with Crippen molar-refractivity contribution in [2.24, 2.45) is 0 Å². The predicted octanol–water partition coefficient (Wildman–Crippen LogP) is 2.71. The first-order valence-electron chi connectivity index (χ1n) is 10.9. The van der Waals surface area contributed by atoms with Crippen LogP contribution in [0, 0.1) is 13.8 Å². The highest BCUT2D eigenvalue weighted by Gasteiger charge is 2.21. The maximum Gasteiger partial charge on any atom is 0.328 e. The highest BCUT2D eigenvalue weighted by Crippen LogP contribution is 2.13. The van der Waals surface area contributed by atoms with Crippen molar-refractivity contribution >= 4 is 17.8 Å². The molecule has 8 heteroatoms. The molecule has 0 saturated heterocycles. The third-order valence-electron chi connectivity index (χ3n) is 4.78. The molecule has 8 nitrogen and oxygen atoms in total. The number of methoxy groups -OCH3 is 1. The van der Waals surface area contributed by atoms with Crippen LogP contribution in [0.1, 0.15) is 30.4 Å². The van der Waals surface area contributed by atoms with Crippen molar-refractivity contribution in [1.29, 1.82) is 0 Å². The molecule has 0 unspecified atom stereocenters. The maximum absolute atomic E-state index is 12.2. The second-order valence-corrected chi connectivity index (χ2v) is 7.70. The van der Waals surface area contributed by atoms with Gasteiger partial charge in [-0.3, -0.25) is 9.59 Å². The fourth-order valence-electron chi connectivity index (χ4n) is 3.09. The second-order valence-electron chi connectivity index (χ2n) is 7.70. The van der Waals surface area contributed by atoms with Gasteiger partial charge in [0.15, 0.2) is 13.2 Å². The average molecular weight is 457 g/mol. The summed E-state index contributed by atoms with van der Waals surface area (Å²) >= 11 is 0. The molecule has 0 spiro atoms. The summed E-state index contributed by atoms with van der Waals surface area (Å²) in [6.07, 6.45) is 1.63. The molecule has 0 aliphatic heterocycles. The Hall–Kier alpha value is -3.55. The molecule has 0 saturated carbocycles. The van der Waals surface area contributed by atoms with Gasteiger partial charge in [-0.2, -0.15) is 0 Å². The van der Waals surface area contributed by atoms with Crippen molar-refractivity contribution in [3.05, 3.63) is 59.7 Å². The number of ether oxygens (including phenoxy) is 3. The summed E-state index contributed by atoms with van der Waals surface area (Å²) in [5.41, 5.74) is 2.08. The van der Waals surface area contributed by atoms with Crippen molar-refractivity contribution in [2.75, 3.05) is 26.9 Å². The lowest BCUT2D eigenvalue weighted by Gasteiger charge is -2.17. The van der Waals surface area contributed by atoms with E-state index in [1.807, 2.05) is 50.2 Å². The van der Waals surface area contributed by atoms with Crippen molar-refractivity contribution < 1.29 is 28.6 Å². The van der Waals surface area contributed by atoms with Crippen LogP contribution < -0.4 is 20.1 Å². The zero-order valence-corrected chi connectivity index (χ0v) is 19.4. The summed E-state index contributed by atoms with van der Waals surface area (Å²) in [5, 5.41) is 5.43. The van der Waals surface area contributed by atoms with E-state index < -0.39 is 17.9 Å². The molecule has 0 heterocycles. The van der Waals surface area contributed by atoms with Gasteiger partial charge in [-0.05, 0) is 68.5 Å². The summed E-state index contributed by atoms with van der Waals surface area (Å²) in [6.45, 7) is 4.06. The molecule has 0 aliphatic carbocycles. The van der Waals surface area contributed by atoms with Gasteiger partial charge in [0.05, 0.1) is 7.11 Å². The summed E-state index contributed by atoms with van der Waals surface area (Å²) in [4.78, 5) is 36.2. The molecular formula is C25H32N2O6. The number of hydrogen-bond acceptors (Lipinski definition) is 6. The van der Waals surface area contributed by atoms with Crippen LogP contribution in [0.4, 0.5) is 0 Å². The Morgan fingerprint density at radius 1 is 0.848 bits per heavy atom. The molecule has 1 atom stereocenters. The molecule has 178 valence electrons. The number of benzene rings is 2. The zero-order chi connectivity index (χ0) is 24.1. The first-order valence-corrected chi connectivity index (χ1v) is 10.9. The Kier molecular flexibility index (Phi) is 10.7. The maximum atomic E-state index is 12.2. The molecule has 0 bridgehead atoms. The molecule has 0 aliphatic rings. The van der Waals surface area contributed by atoms with Crippen LogP contribution >= 0.6 is 0 Å². The number of rotatable bonds is 13. The van der Waals surface area contributed by atoms with Gasteiger partial charge in [0.25, 0.3) is 11.8 Å². The molecule has 33 heavy (non-hydrogen) atoms. The fourth-order valence-corrected chi connectivity index (χ4v) is 3.09. The summed E-state index contributed by atoms with van der Waals surface area (Å²) < 4.78 is 15.7. The summed E-state index contributed by atoms with van der Waals surface area (Å²) in [6, 6.07) is 14.1. The second kappa shape index (κ2) is 13.8. The monoisotopic (exact) mass is 456 g/mol. The molecule has 2 rings (SSSR count). The average Bonchev–Trinajstić information content (AvgIpc) is 2.80. The predicted molar refractivity (Wildman–Crippen MR) is 124 cm³/mol. The van der Waals surface area contributed by atoms with Gasteiger partial charge in [-0.15, -0.1) is 0 Å². The molecule has 2 aromatic carbocycles. The number of hydrogen-bond donors (Lipinski definition) is 2. The summed E-state index contributed by atoms with van der Waals surface area (Å²) in [5.74, 6) is 0.0840. The van der Waals surface area contributed by atoms with Crippen LogP contribution in [0.2, 0.25) is 0 Å². The minimum atomic E-state index is -0.774. The van der Waals surface area contributed by atoms with Crippen LogP contribution in [-0.4, -0.2) is 50.7 Å². The molecule has 0 aromatic heterocycles. The van der Waals surface area contributed by atoms with Gasteiger partial charge in [0, 0.05) is 6.54 Å². The normalized spacial score (nSPS) is 11.2. The number of esters is 1. The van der Waals surface area contributed by atoms with Crippen molar-refractivity contribution in [1.82, 2.24) is 10.6 Å². The van der Waals surface area contributed by atoms with Crippen LogP contribution in [0.25, 0.3) is 0 Å². The number of aryl methyl sites for hydroxylation is 2. The molecule has 0 fully saturated rings. The molecule has 2 amide bonds. The van der Waals surface area contributed by atoms with E-state index in [1.54, 1.807) is 12.1 Å². The number of carbonyl (C=O) groups is 3. The lowest BCUT2D eigenvalue weighted by atomic mass is 10.1. The first-order chi connectivity index (χ1) is 15.9. The van der Waals surface area contributed by atoms with E-state index in [-0.39, 0.29) is 19.1 Å². The van der Waals surface area contributed by atoms with E-state index >= 15 is 0 Å². The van der Waals surface area contributed by atoms with Gasteiger partial charge in [-0.25, -0.2) is 4.79 Å². The van der Waals surface area contributed by atoms with Crippen molar-refractivity contribution in [2.45, 2.75) is 39.2 Å². The molecule has 0 radical (unpaired) electrons. The number of carbonyl (C=O) groups excluding carboxylic acids is 3. The minimum Gasteiger partial charge on any atom is -0.484 e. The highest BCUT2D eigenvalue weighted by molar-refractivity contribution is 5.85. The Morgan fingerprint density at radius 3 is 1.97 bits per heavy atom. The Balaban J connectivity index is 1.66. The van der Waals surface area contributed by atoms with E-state index in [0.29, 0.717) is 37.3 Å². The van der Waals surface area contributed by atoms with Crippen molar-refractivity contribution in [3.8, 4) is 11.5 Å². The van der Waals surface area contributed by atoms with Crippen LogP contribution in [0.15, 0.2) is 48.5 Å². The van der Waals surface area contributed by atoms with Crippen LogP contribution in [0.3, 0.4) is 0 Å². The van der Waals surface area contributed by atoms with E-state index in [1.165, 1.54) is 7.11 Å². The van der Waals surface area contributed by atoms with E-state index in [2.05, 4.69) is 10.6 Å². The van der Waals surface area contributed by atoms with Crippen LogP contribution in [0.5, 0.6) is 11.5 Å².